The average Bonchev–Trinajstić information content (AvgIpc) is 3.16. The van der Waals surface area contributed by atoms with E-state index in [2.05, 4.69) is 19.2 Å². The van der Waals surface area contributed by atoms with Crippen molar-refractivity contribution >= 4 is 26.9 Å². The molecule has 2 heterocycles. The van der Waals surface area contributed by atoms with Gasteiger partial charge in [0.1, 0.15) is 11.3 Å². The fourth-order valence-corrected chi connectivity index (χ4v) is 6.00. The Balaban J connectivity index is 1.37. The van der Waals surface area contributed by atoms with E-state index in [1.165, 1.54) is 4.31 Å². The summed E-state index contributed by atoms with van der Waals surface area (Å²) in [6.45, 7) is 8.75. The molecule has 0 radical (unpaired) electrons. The lowest BCUT2D eigenvalue weighted by atomic mass is 9.96. The second-order valence-electron chi connectivity index (χ2n) is 9.22. The van der Waals surface area contributed by atoms with Crippen LogP contribution in [0.2, 0.25) is 0 Å². The van der Waals surface area contributed by atoms with E-state index in [1.54, 1.807) is 12.1 Å². The molecule has 1 aliphatic heterocycles. The van der Waals surface area contributed by atoms with Crippen LogP contribution in [-0.2, 0) is 14.8 Å². The third-order valence-electron chi connectivity index (χ3n) is 6.64. The summed E-state index contributed by atoms with van der Waals surface area (Å²) in [6.07, 6.45) is 1.00. The molecule has 1 atom stereocenters. The van der Waals surface area contributed by atoms with Gasteiger partial charge in [0.15, 0.2) is 0 Å². The molecular weight excluding hydrogens is 436 g/mol. The maximum atomic E-state index is 13.0. The van der Waals surface area contributed by atoms with E-state index in [-0.39, 0.29) is 17.9 Å². The minimum Gasteiger partial charge on any atom is -0.459 e. The number of furan rings is 1. The molecule has 1 N–H and O–H groups in total. The Morgan fingerprint density at radius 3 is 2.27 bits per heavy atom. The molecule has 0 saturated carbocycles. The maximum Gasteiger partial charge on any atom is 0.243 e. The molecule has 1 amide bonds. The predicted octanol–water partition coefficient (Wildman–Crippen LogP) is 5.14. The topological polar surface area (TPSA) is 79.6 Å². The minimum atomic E-state index is -3.55. The van der Waals surface area contributed by atoms with E-state index in [4.69, 9.17) is 4.42 Å². The van der Waals surface area contributed by atoms with Crippen molar-refractivity contribution in [1.82, 2.24) is 9.62 Å². The number of hydrogen-bond acceptors (Lipinski definition) is 4. The molecule has 7 heteroatoms. The average molecular weight is 469 g/mol. The lowest BCUT2D eigenvalue weighted by Crippen LogP contribution is -2.43. The first kappa shape index (κ1) is 23.5. The molecule has 4 rings (SSSR count). The van der Waals surface area contributed by atoms with Crippen LogP contribution >= 0.6 is 0 Å². The van der Waals surface area contributed by atoms with Crippen molar-refractivity contribution in [3.05, 3.63) is 65.4 Å². The van der Waals surface area contributed by atoms with Crippen molar-refractivity contribution in [1.29, 1.82) is 0 Å². The number of carbonyl (C=O) groups excluding carboxylic acids is 1. The van der Waals surface area contributed by atoms with Crippen LogP contribution in [0, 0.1) is 12.8 Å². The molecule has 1 unspecified atom stereocenters. The first-order valence-corrected chi connectivity index (χ1v) is 13.0. The third kappa shape index (κ3) is 4.70. The molecule has 3 aromatic rings. The highest BCUT2D eigenvalue weighted by Gasteiger charge is 2.33. The highest BCUT2D eigenvalue weighted by molar-refractivity contribution is 7.89. The summed E-state index contributed by atoms with van der Waals surface area (Å²) < 4.78 is 33.6. The monoisotopic (exact) mass is 468 g/mol. The number of aryl methyl sites for hydroxylation is 1. The van der Waals surface area contributed by atoms with Gasteiger partial charge in [0, 0.05) is 30.0 Å². The second kappa shape index (κ2) is 9.31. The van der Waals surface area contributed by atoms with Crippen LogP contribution in [0.15, 0.2) is 57.8 Å². The Morgan fingerprint density at radius 1 is 1.03 bits per heavy atom. The Bertz CT molecular complexity index is 1240. The summed E-state index contributed by atoms with van der Waals surface area (Å²) in [5, 5.41) is 4.12. The number of piperidine rings is 1. The third-order valence-corrected chi connectivity index (χ3v) is 8.55. The molecule has 0 spiro atoms. The quantitative estimate of drug-likeness (QED) is 0.543. The van der Waals surface area contributed by atoms with Gasteiger partial charge in [-0.15, -0.1) is 0 Å². The number of sulfonamides is 1. The Hall–Kier alpha value is -2.64. The Kier molecular flexibility index (Phi) is 6.64. The standard InChI is InChI=1S/C26H32N2O4S/c1-17(2)20-9-11-22(12-10-20)33(30,31)28-15-13-21(14-16-28)26(29)27-19(4)25-18(3)23-7-5-6-8-24(23)32-25/h5-12,17,19,21H,13-16H2,1-4H3,(H,27,29). The smallest absolute Gasteiger partial charge is 0.243 e. The minimum absolute atomic E-state index is 0.0549. The van der Waals surface area contributed by atoms with Crippen LogP contribution in [0.25, 0.3) is 11.0 Å². The summed E-state index contributed by atoms with van der Waals surface area (Å²) in [6, 6.07) is 14.7. The Morgan fingerprint density at radius 2 is 1.67 bits per heavy atom. The van der Waals surface area contributed by atoms with Crippen molar-refractivity contribution in [2.24, 2.45) is 5.92 Å². The molecule has 1 fully saturated rings. The number of para-hydroxylation sites is 1. The molecule has 0 bridgehead atoms. The van der Waals surface area contributed by atoms with Gasteiger partial charge in [-0.25, -0.2) is 8.42 Å². The zero-order chi connectivity index (χ0) is 23.8. The fraction of sp³-hybridized carbons (Fsp3) is 0.423. The summed E-state index contributed by atoms with van der Waals surface area (Å²) in [7, 11) is -3.55. The van der Waals surface area contributed by atoms with Gasteiger partial charge in [0.2, 0.25) is 15.9 Å². The molecule has 0 aliphatic carbocycles. The number of carbonyl (C=O) groups is 1. The maximum absolute atomic E-state index is 13.0. The van der Waals surface area contributed by atoms with Crippen LogP contribution in [-0.4, -0.2) is 31.7 Å². The van der Waals surface area contributed by atoms with Crippen LogP contribution in [0.1, 0.15) is 62.5 Å². The zero-order valence-corrected chi connectivity index (χ0v) is 20.5. The lowest BCUT2D eigenvalue weighted by Gasteiger charge is -2.31. The van der Waals surface area contributed by atoms with Crippen LogP contribution in [0.4, 0.5) is 0 Å². The molecular formula is C26H32N2O4S. The van der Waals surface area contributed by atoms with E-state index in [9.17, 15) is 13.2 Å². The SMILES string of the molecule is Cc1c(C(C)NC(=O)C2CCN(S(=O)(=O)c3ccc(C(C)C)cc3)CC2)oc2ccccc12. The van der Waals surface area contributed by atoms with E-state index < -0.39 is 10.0 Å². The van der Waals surface area contributed by atoms with Crippen LogP contribution in [0.5, 0.6) is 0 Å². The predicted molar refractivity (Wildman–Crippen MR) is 130 cm³/mol. The highest BCUT2D eigenvalue weighted by Crippen LogP contribution is 2.30. The molecule has 1 aromatic heterocycles. The van der Waals surface area contributed by atoms with Crippen molar-refractivity contribution in [3.63, 3.8) is 0 Å². The largest absolute Gasteiger partial charge is 0.459 e. The number of fused-ring (bicyclic) bond motifs is 1. The van der Waals surface area contributed by atoms with E-state index >= 15 is 0 Å². The normalized spacial score (nSPS) is 16.9. The molecule has 6 nitrogen and oxygen atoms in total. The highest BCUT2D eigenvalue weighted by atomic mass is 32.2. The molecule has 176 valence electrons. The van der Waals surface area contributed by atoms with Gasteiger partial charge in [-0.2, -0.15) is 4.31 Å². The van der Waals surface area contributed by atoms with E-state index in [1.807, 2.05) is 50.2 Å². The van der Waals surface area contributed by atoms with Crippen molar-refractivity contribution in [2.75, 3.05) is 13.1 Å². The number of amides is 1. The van der Waals surface area contributed by atoms with Crippen LogP contribution in [0.3, 0.4) is 0 Å². The number of hydrogen-bond donors (Lipinski definition) is 1. The lowest BCUT2D eigenvalue weighted by molar-refractivity contribution is -0.126. The van der Waals surface area contributed by atoms with Crippen molar-refractivity contribution in [3.8, 4) is 0 Å². The van der Waals surface area contributed by atoms with Gasteiger partial charge in [-0.3, -0.25) is 4.79 Å². The number of rotatable bonds is 6. The number of benzene rings is 2. The molecule has 1 aliphatic rings. The van der Waals surface area contributed by atoms with Gasteiger partial charge < -0.3 is 9.73 Å². The van der Waals surface area contributed by atoms with Gasteiger partial charge >= 0.3 is 0 Å². The summed E-state index contributed by atoms with van der Waals surface area (Å²) in [5.41, 5.74) is 2.95. The van der Waals surface area contributed by atoms with Crippen molar-refractivity contribution < 1.29 is 17.6 Å². The van der Waals surface area contributed by atoms with E-state index in [0.717, 1.165) is 27.9 Å². The molecule has 1 saturated heterocycles. The summed E-state index contributed by atoms with van der Waals surface area (Å²) >= 11 is 0. The number of nitrogens with one attached hydrogen (secondary N) is 1. The Labute approximate surface area is 196 Å². The molecule has 2 aromatic carbocycles. The van der Waals surface area contributed by atoms with Gasteiger partial charge in [-0.1, -0.05) is 44.2 Å². The number of nitrogens with zero attached hydrogens (tertiary/aromatic N) is 1. The first-order valence-electron chi connectivity index (χ1n) is 11.6. The second-order valence-corrected chi connectivity index (χ2v) is 11.2. The van der Waals surface area contributed by atoms with Gasteiger partial charge in [-0.05, 0) is 56.4 Å². The van der Waals surface area contributed by atoms with Crippen LogP contribution < -0.4 is 5.32 Å². The first-order chi connectivity index (χ1) is 15.7. The summed E-state index contributed by atoms with van der Waals surface area (Å²) in [5.74, 6) is 0.837. The fourth-order valence-electron chi connectivity index (χ4n) is 4.54. The van der Waals surface area contributed by atoms with Gasteiger partial charge in [0.05, 0.1) is 10.9 Å². The van der Waals surface area contributed by atoms with E-state index in [0.29, 0.717) is 36.7 Å². The van der Waals surface area contributed by atoms with Crippen molar-refractivity contribution in [2.45, 2.75) is 57.4 Å². The molecule has 33 heavy (non-hydrogen) atoms. The zero-order valence-electron chi connectivity index (χ0n) is 19.7. The van der Waals surface area contributed by atoms with Gasteiger partial charge in [0.25, 0.3) is 0 Å². The summed E-state index contributed by atoms with van der Waals surface area (Å²) in [4.78, 5) is 13.2.